The number of carbonyl (C=O) groups excluding carboxylic acids is 4. The minimum Gasteiger partial charge on any atom is -0.462 e. The largest absolute Gasteiger partial charge is 0.472 e. The molecule has 0 heterocycles. The maximum atomic E-state index is 13.1. The Bertz CT molecular complexity index is 2050. The van der Waals surface area contributed by atoms with E-state index in [0.717, 1.165) is 120 Å². The van der Waals surface area contributed by atoms with E-state index in [0.29, 0.717) is 25.7 Å². The second-order valence-electron chi connectivity index (χ2n) is 30.0. The molecule has 0 aromatic carbocycles. The fourth-order valence-electron chi connectivity index (χ4n) is 12.1. The number of aliphatic hydroxyl groups is 1. The van der Waals surface area contributed by atoms with Crippen LogP contribution in [-0.4, -0.2) is 96.7 Å². The van der Waals surface area contributed by atoms with E-state index in [1.807, 2.05) is 0 Å². The fraction of sp³-hybridized carbons (Fsp3) is 0.902. The van der Waals surface area contributed by atoms with E-state index in [1.54, 1.807) is 0 Å². The fourth-order valence-corrected chi connectivity index (χ4v) is 13.7. The van der Waals surface area contributed by atoms with Crippen molar-refractivity contribution in [2.45, 2.75) is 420 Å². The average Bonchev–Trinajstić information content (AvgIpc) is 0.919. The Morgan fingerprint density at radius 3 is 0.881 bits per heavy atom. The quantitative estimate of drug-likeness (QED) is 0.0169. The molecule has 6 atom stereocenters. The number of phosphoric ester groups is 2. The maximum Gasteiger partial charge on any atom is 0.472 e. The molecule has 0 saturated carbocycles. The number of carbonyl (C=O) groups is 4. The molecule has 0 aliphatic heterocycles. The van der Waals surface area contributed by atoms with E-state index in [1.165, 1.54) is 199 Å². The van der Waals surface area contributed by atoms with E-state index in [9.17, 15) is 43.2 Å². The van der Waals surface area contributed by atoms with Gasteiger partial charge in [-0.2, -0.15) is 0 Å². The van der Waals surface area contributed by atoms with Gasteiger partial charge in [0.15, 0.2) is 12.2 Å². The van der Waals surface area contributed by atoms with Crippen LogP contribution >= 0.6 is 15.6 Å². The number of aliphatic hydroxyl groups excluding tert-OH is 1. The molecule has 0 aliphatic carbocycles. The zero-order valence-corrected chi connectivity index (χ0v) is 67.6. The van der Waals surface area contributed by atoms with Gasteiger partial charge in [-0.25, -0.2) is 9.13 Å². The third kappa shape index (κ3) is 74.2. The first kappa shape index (κ1) is 98.5. The van der Waals surface area contributed by atoms with E-state index >= 15 is 0 Å². The summed E-state index contributed by atoms with van der Waals surface area (Å²) >= 11 is 0. The Hall–Kier alpha value is -2.46. The third-order valence-electron chi connectivity index (χ3n) is 18.9. The van der Waals surface area contributed by atoms with Gasteiger partial charge in [0.05, 0.1) is 26.4 Å². The highest BCUT2D eigenvalue weighted by molar-refractivity contribution is 7.47. The van der Waals surface area contributed by atoms with Gasteiger partial charge in [-0.3, -0.25) is 37.3 Å². The van der Waals surface area contributed by atoms with Crippen molar-refractivity contribution in [2.75, 3.05) is 39.6 Å². The van der Waals surface area contributed by atoms with Crippen molar-refractivity contribution in [2.24, 2.45) is 17.8 Å². The third-order valence-corrected chi connectivity index (χ3v) is 20.8. The van der Waals surface area contributed by atoms with E-state index in [-0.39, 0.29) is 25.7 Å². The van der Waals surface area contributed by atoms with Crippen molar-refractivity contribution in [3.63, 3.8) is 0 Å². The Kier molecular flexibility index (Phi) is 70.0. The van der Waals surface area contributed by atoms with Crippen LogP contribution < -0.4 is 0 Å². The summed E-state index contributed by atoms with van der Waals surface area (Å²) < 4.78 is 68.7. The van der Waals surface area contributed by atoms with Gasteiger partial charge in [0.25, 0.3) is 0 Å². The molecule has 101 heavy (non-hydrogen) atoms. The van der Waals surface area contributed by atoms with Crippen LogP contribution in [0.1, 0.15) is 402 Å². The maximum absolute atomic E-state index is 13.1. The van der Waals surface area contributed by atoms with Crippen LogP contribution in [0.5, 0.6) is 0 Å². The first-order chi connectivity index (χ1) is 48.8. The second-order valence-corrected chi connectivity index (χ2v) is 32.9. The zero-order valence-electron chi connectivity index (χ0n) is 65.9. The number of hydrogen-bond donors (Lipinski definition) is 3. The second kappa shape index (κ2) is 71.8. The molecule has 0 saturated heterocycles. The number of ether oxygens (including phenoxy) is 4. The van der Waals surface area contributed by atoms with Gasteiger partial charge in [-0.15, -0.1) is 0 Å². The molecule has 0 aliphatic rings. The predicted octanol–water partition coefficient (Wildman–Crippen LogP) is 24.1. The zero-order chi connectivity index (χ0) is 74.4. The molecule has 596 valence electrons. The highest BCUT2D eigenvalue weighted by atomic mass is 31.2. The number of allylic oxidation sites excluding steroid dienone is 4. The van der Waals surface area contributed by atoms with Gasteiger partial charge >= 0.3 is 39.5 Å². The molecule has 0 aromatic rings. The molecule has 0 amide bonds. The van der Waals surface area contributed by atoms with Crippen LogP contribution in [0.15, 0.2) is 24.3 Å². The van der Waals surface area contributed by atoms with Gasteiger partial charge in [0.2, 0.25) is 0 Å². The van der Waals surface area contributed by atoms with E-state index < -0.39 is 97.5 Å². The van der Waals surface area contributed by atoms with Gasteiger partial charge in [-0.1, -0.05) is 349 Å². The molecule has 17 nitrogen and oxygen atoms in total. The van der Waals surface area contributed by atoms with Crippen molar-refractivity contribution in [3.8, 4) is 0 Å². The smallest absolute Gasteiger partial charge is 0.462 e. The topological polar surface area (TPSA) is 237 Å². The molecule has 3 N–H and O–H groups in total. The molecule has 0 bridgehead atoms. The molecule has 0 aromatic heterocycles. The summed E-state index contributed by atoms with van der Waals surface area (Å²) in [6.45, 7) is 11.9. The Balaban J connectivity index is 5.30. The van der Waals surface area contributed by atoms with E-state index in [2.05, 4.69) is 72.8 Å². The Morgan fingerprint density at radius 1 is 0.327 bits per heavy atom. The van der Waals surface area contributed by atoms with Crippen molar-refractivity contribution < 1.29 is 80.2 Å². The van der Waals surface area contributed by atoms with Crippen LogP contribution in [0.25, 0.3) is 0 Å². The molecular weight excluding hydrogens is 1320 g/mol. The van der Waals surface area contributed by atoms with Crippen molar-refractivity contribution in [1.82, 2.24) is 0 Å². The molecule has 0 radical (unpaired) electrons. The summed E-state index contributed by atoms with van der Waals surface area (Å²) in [4.78, 5) is 73.1. The lowest BCUT2D eigenvalue weighted by Crippen LogP contribution is -2.30. The first-order valence-electron chi connectivity index (χ1n) is 41.7. The summed E-state index contributed by atoms with van der Waals surface area (Å²) in [6.07, 6.45) is 63.1. The lowest BCUT2D eigenvalue weighted by atomic mass is 9.99. The van der Waals surface area contributed by atoms with Gasteiger partial charge in [-0.05, 0) is 69.1 Å². The number of rotatable bonds is 78. The summed E-state index contributed by atoms with van der Waals surface area (Å²) in [5.41, 5.74) is 0. The summed E-state index contributed by atoms with van der Waals surface area (Å²) in [5.74, 6) is 0.236. The highest BCUT2D eigenvalue weighted by Crippen LogP contribution is 2.45. The lowest BCUT2D eigenvalue weighted by molar-refractivity contribution is -0.161. The van der Waals surface area contributed by atoms with Gasteiger partial charge in [0, 0.05) is 25.7 Å². The minimum atomic E-state index is -4.97. The first-order valence-corrected chi connectivity index (χ1v) is 44.7. The standard InChI is InChI=1S/C82H156O17P2/c1-8-10-11-12-13-14-15-16-17-23-29-36-44-51-58-65-81(86)99-78(70-93-80(85)64-57-50-43-38-31-33-40-47-54-61-74(5)6)72-97-101(90,91)95-68-76(83)67-94-100(88,89)96-71-77(69-92-79(84)63-56-49-42-35-28-25-20-21-26-32-39-46-53-60-73(3)4)98-82(87)66-59-52-45-37-30-24-19-18-22-27-34-41-48-55-62-75(7)9-2/h14-17,73-78,83H,8-13,18-72H2,1-7H3,(H,88,89)(H,90,91)/b15-14-,17-16-/t75?,76-,77-,78-/m1/s1. The summed E-state index contributed by atoms with van der Waals surface area (Å²) in [5, 5.41) is 10.6. The van der Waals surface area contributed by atoms with Crippen LogP contribution in [0.4, 0.5) is 0 Å². The van der Waals surface area contributed by atoms with Crippen molar-refractivity contribution in [3.05, 3.63) is 24.3 Å². The Morgan fingerprint density at radius 2 is 0.584 bits per heavy atom. The van der Waals surface area contributed by atoms with Gasteiger partial charge < -0.3 is 33.8 Å². The minimum absolute atomic E-state index is 0.0846. The van der Waals surface area contributed by atoms with Crippen molar-refractivity contribution >= 4 is 39.5 Å². The van der Waals surface area contributed by atoms with Gasteiger partial charge in [0.1, 0.15) is 19.3 Å². The lowest BCUT2D eigenvalue weighted by Gasteiger charge is -2.21. The van der Waals surface area contributed by atoms with Crippen LogP contribution in [0.3, 0.4) is 0 Å². The van der Waals surface area contributed by atoms with E-state index in [4.69, 9.17) is 37.0 Å². The van der Waals surface area contributed by atoms with Crippen LogP contribution in [0, 0.1) is 17.8 Å². The molecule has 3 unspecified atom stereocenters. The predicted molar refractivity (Wildman–Crippen MR) is 414 cm³/mol. The molecule has 19 heteroatoms. The number of phosphoric acid groups is 2. The van der Waals surface area contributed by atoms with Crippen LogP contribution in [0.2, 0.25) is 0 Å². The number of hydrogen-bond acceptors (Lipinski definition) is 15. The summed E-state index contributed by atoms with van der Waals surface area (Å²) in [6, 6.07) is 0. The number of esters is 4. The summed E-state index contributed by atoms with van der Waals surface area (Å²) in [7, 11) is -9.94. The SMILES string of the molecule is CCCCCC/C=C\C=C/CCCCCCCC(=O)O[C@H](COC(=O)CCCCCCCCCCCC(C)C)COP(=O)(O)OC[C@H](O)COP(=O)(O)OC[C@@H](COC(=O)CCCCCCCCCCCCCCCC(C)C)OC(=O)CCCCCCCCCCCCCCCCC(C)CC. The monoisotopic (exact) mass is 1480 g/mol. The molecule has 0 fully saturated rings. The van der Waals surface area contributed by atoms with Crippen molar-refractivity contribution in [1.29, 1.82) is 0 Å². The Labute approximate surface area is 618 Å². The molecule has 0 spiro atoms. The average molecular weight is 1480 g/mol. The van der Waals surface area contributed by atoms with Crippen LogP contribution in [-0.2, 0) is 65.4 Å². The molecular formula is C82H156O17P2. The highest BCUT2D eigenvalue weighted by Gasteiger charge is 2.30. The molecule has 0 rings (SSSR count). The normalized spacial score (nSPS) is 14.4. The number of unbranched alkanes of at least 4 members (excludes halogenated alkanes) is 42.